The molecule has 0 aliphatic carbocycles. The third-order valence-electron chi connectivity index (χ3n) is 3.93. The average molecular weight is 330 g/mol. The van der Waals surface area contributed by atoms with Gasteiger partial charge < -0.3 is 9.73 Å². The van der Waals surface area contributed by atoms with Crippen molar-refractivity contribution in [2.24, 2.45) is 0 Å². The van der Waals surface area contributed by atoms with Crippen LogP contribution in [0.15, 0.2) is 71.4 Å². The van der Waals surface area contributed by atoms with Crippen molar-refractivity contribution in [1.82, 2.24) is 4.98 Å². The molecule has 0 aliphatic rings. The Morgan fingerprint density at radius 1 is 1.08 bits per heavy atom. The first-order valence-corrected chi connectivity index (χ1v) is 7.95. The molecule has 4 aromatic rings. The van der Waals surface area contributed by atoms with Crippen molar-refractivity contribution >= 4 is 22.5 Å². The zero-order valence-electron chi connectivity index (χ0n) is 13.6. The molecule has 0 aliphatic heterocycles. The van der Waals surface area contributed by atoms with Gasteiger partial charge in [-0.15, -0.1) is 0 Å². The lowest BCUT2D eigenvalue weighted by Crippen LogP contribution is -2.14. The topological polar surface area (TPSA) is 69.3 Å². The van der Waals surface area contributed by atoms with Crippen LogP contribution in [-0.4, -0.2) is 10.9 Å². The molecule has 25 heavy (non-hydrogen) atoms. The van der Waals surface area contributed by atoms with Crippen molar-refractivity contribution in [2.75, 3.05) is 5.32 Å². The first-order valence-electron chi connectivity index (χ1n) is 7.95. The number of aryl methyl sites for hydroxylation is 1. The smallest absolute Gasteiger partial charge is 0.256 e. The lowest BCUT2D eigenvalue weighted by molar-refractivity contribution is -0.377. The fourth-order valence-electron chi connectivity index (χ4n) is 2.73. The number of nitrogens with zero attached hydrogens (tertiary/aromatic N) is 1. The quantitative estimate of drug-likeness (QED) is 0.620. The maximum absolute atomic E-state index is 12.8. The number of furan rings is 1. The number of hydrogen-bond acceptors (Lipinski definition) is 3. The number of H-pyrrole nitrogens is 1. The van der Waals surface area contributed by atoms with E-state index in [0.717, 1.165) is 22.4 Å². The van der Waals surface area contributed by atoms with E-state index in [1.807, 2.05) is 43.3 Å². The number of hydrogen-bond donors (Lipinski definition) is 1. The molecular weight excluding hydrogens is 314 g/mol. The molecule has 3 aromatic heterocycles. The molecule has 0 atom stereocenters. The van der Waals surface area contributed by atoms with E-state index in [0.29, 0.717) is 17.0 Å². The number of rotatable bonds is 3. The summed E-state index contributed by atoms with van der Waals surface area (Å²) in [6, 6.07) is 16.7. The molecule has 0 radical (unpaired) electrons. The molecule has 5 heteroatoms. The van der Waals surface area contributed by atoms with E-state index in [2.05, 4.69) is 15.3 Å². The predicted molar refractivity (Wildman–Crippen MR) is 95.1 cm³/mol. The van der Waals surface area contributed by atoms with Crippen molar-refractivity contribution < 1.29 is 14.2 Å². The largest absolute Gasteiger partial charge is 0.460 e. The molecule has 0 spiro atoms. The number of para-hydroxylation sites is 1. The maximum atomic E-state index is 12.8. The van der Waals surface area contributed by atoms with Gasteiger partial charge in [0.1, 0.15) is 11.5 Å². The van der Waals surface area contributed by atoms with Crippen molar-refractivity contribution in [2.45, 2.75) is 6.92 Å². The highest BCUT2D eigenvalue weighted by atomic mass is 16.3. The van der Waals surface area contributed by atoms with Crippen LogP contribution < -0.4 is 10.3 Å². The highest BCUT2D eigenvalue weighted by Crippen LogP contribution is 2.26. The lowest BCUT2D eigenvalue weighted by Gasteiger charge is -2.09. The normalized spacial score (nSPS) is 10.8. The number of nitrogens with one attached hydrogen (secondary N) is 2. The van der Waals surface area contributed by atoms with Crippen LogP contribution in [0.1, 0.15) is 16.1 Å². The van der Waals surface area contributed by atoms with Gasteiger partial charge in [0.15, 0.2) is 18.2 Å². The molecule has 0 bridgehead atoms. The minimum atomic E-state index is -0.186. The molecule has 122 valence electrons. The number of pyridine rings is 2. The van der Waals surface area contributed by atoms with Crippen molar-refractivity contribution in [3.63, 3.8) is 0 Å². The monoisotopic (exact) mass is 330 g/mol. The Balaban J connectivity index is 1.82. The molecule has 3 heterocycles. The summed E-state index contributed by atoms with van der Waals surface area (Å²) in [5.74, 6) is 1.26. The highest BCUT2D eigenvalue weighted by molar-refractivity contribution is 6.13. The zero-order chi connectivity index (χ0) is 17.2. The Labute approximate surface area is 144 Å². The van der Waals surface area contributed by atoms with Crippen LogP contribution in [0.2, 0.25) is 0 Å². The molecule has 1 amide bonds. The van der Waals surface area contributed by atoms with Gasteiger partial charge in [-0.1, -0.05) is 18.2 Å². The molecule has 5 nitrogen and oxygen atoms in total. The highest BCUT2D eigenvalue weighted by Gasteiger charge is 2.15. The fraction of sp³-hybridized carbons (Fsp3) is 0.0500. The Bertz CT molecular complexity index is 1050. The van der Waals surface area contributed by atoms with Crippen LogP contribution in [0.4, 0.5) is 5.69 Å². The zero-order valence-corrected chi connectivity index (χ0v) is 13.6. The van der Waals surface area contributed by atoms with E-state index in [4.69, 9.17) is 4.42 Å². The minimum Gasteiger partial charge on any atom is -0.460 e. The first kappa shape index (κ1) is 15.1. The summed E-state index contributed by atoms with van der Waals surface area (Å²) in [4.78, 5) is 20.4. The van der Waals surface area contributed by atoms with Crippen LogP contribution in [0.5, 0.6) is 0 Å². The molecule has 0 fully saturated rings. The average Bonchev–Trinajstić information content (AvgIpc) is 3.08. The third kappa shape index (κ3) is 2.99. The van der Waals surface area contributed by atoms with E-state index in [-0.39, 0.29) is 5.91 Å². The first-order chi connectivity index (χ1) is 12.2. The molecular formula is C20H16N3O2+. The van der Waals surface area contributed by atoms with Crippen LogP contribution in [0.25, 0.3) is 22.4 Å². The minimum absolute atomic E-state index is 0.186. The van der Waals surface area contributed by atoms with Gasteiger partial charge in [0, 0.05) is 17.5 Å². The molecule has 0 saturated carbocycles. The Morgan fingerprint density at radius 2 is 1.88 bits per heavy atom. The van der Waals surface area contributed by atoms with Gasteiger partial charge in [-0.05, 0) is 31.2 Å². The van der Waals surface area contributed by atoms with Crippen LogP contribution in [-0.2, 0) is 0 Å². The van der Waals surface area contributed by atoms with Crippen LogP contribution >= 0.6 is 0 Å². The van der Waals surface area contributed by atoms with Gasteiger partial charge in [-0.25, -0.2) is 9.97 Å². The van der Waals surface area contributed by atoms with Gasteiger partial charge in [0.05, 0.1) is 16.8 Å². The third-order valence-corrected chi connectivity index (χ3v) is 3.93. The maximum Gasteiger partial charge on any atom is 0.256 e. The molecule has 0 unspecified atom stereocenters. The standard InChI is InChI=1S/C20H15N3O2/c1-13-6-7-19(25-13)18-12-16(15-4-2-3-5-17(15)23-18)20(24)22-14-8-10-21-11-9-14/h2-12H,1H3,(H,21,22,24)/p+1. The predicted octanol–water partition coefficient (Wildman–Crippen LogP) is 3.87. The number of carbonyl (C=O) groups excluding carboxylic acids is 1. The summed E-state index contributed by atoms with van der Waals surface area (Å²) in [6.45, 7) is 1.88. The van der Waals surface area contributed by atoms with Crippen molar-refractivity contribution in [1.29, 1.82) is 0 Å². The number of aromatic nitrogens is 2. The second-order valence-electron chi connectivity index (χ2n) is 5.73. The van der Waals surface area contributed by atoms with Gasteiger partial charge >= 0.3 is 0 Å². The Morgan fingerprint density at radius 3 is 2.64 bits per heavy atom. The van der Waals surface area contributed by atoms with Crippen LogP contribution in [0, 0.1) is 6.92 Å². The van der Waals surface area contributed by atoms with Crippen LogP contribution in [0.3, 0.4) is 0 Å². The van der Waals surface area contributed by atoms with E-state index in [9.17, 15) is 4.79 Å². The number of anilines is 1. The number of aromatic amines is 1. The molecule has 1 aromatic carbocycles. The van der Waals surface area contributed by atoms with Gasteiger partial charge in [-0.3, -0.25) is 4.79 Å². The summed E-state index contributed by atoms with van der Waals surface area (Å²) in [5.41, 5.74) is 2.67. The summed E-state index contributed by atoms with van der Waals surface area (Å²) in [7, 11) is 0. The van der Waals surface area contributed by atoms with Gasteiger partial charge in [-0.2, -0.15) is 0 Å². The van der Waals surface area contributed by atoms with Crippen molar-refractivity contribution in [3.05, 3.63) is 78.3 Å². The fourth-order valence-corrected chi connectivity index (χ4v) is 2.73. The Hall–Kier alpha value is -3.47. The Kier molecular flexibility index (Phi) is 3.74. The number of carbonyl (C=O) groups is 1. The number of benzene rings is 1. The van der Waals surface area contributed by atoms with E-state index in [1.165, 1.54) is 0 Å². The van der Waals surface area contributed by atoms with Crippen molar-refractivity contribution in [3.8, 4) is 11.5 Å². The summed E-state index contributed by atoms with van der Waals surface area (Å²) in [5, 5.41) is 3.72. The lowest BCUT2D eigenvalue weighted by atomic mass is 10.1. The second-order valence-corrected chi connectivity index (χ2v) is 5.73. The molecule has 4 rings (SSSR count). The number of amides is 1. The van der Waals surface area contributed by atoms with E-state index < -0.39 is 0 Å². The SMILES string of the molecule is Cc1ccc(-c2cc(C(=O)Nc3cc[nH+]cc3)c3ccccc3n2)o1. The molecule has 0 saturated heterocycles. The summed E-state index contributed by atoms with van der Waals surface area (Å²) in [6.07, 6.45) is 3.52. The second kappa shape index (κ2) is 6.20. The number of fused-ring (bicyclic) bond motifs is 1. The molecule has 2 N–H and O–H groups in total. The summed E-state index contributed by atoms with van der Waals surface area (Å²) >= 11 is 0. The van der Waals surface area contributed by atoms with Gasteiger partial charge in [0.2, 0.25) is 0 Å². The van der Waals surface area contributed by atoms with E-state index in [1.54, 1.807) is 30.6 Å². The summed E-state index contributed by atoms with van der Waals surface area (Å²) < 4.78 is 5.67. The van der Waals surface area contributed by atoms with Gasteiger partial charge in [0.25, 0.3) is 5.91 Å². The van der Waals surface area contributed by atoms with E-state index >= 15 is 0 Å².